The van der Waals surface area contributed by atoms with Gasteiger partial charge in [-0.05, 0) is 24.5 Å². The molecular weight excluding hydrogens is 354 g/mol. The predicted molar refractivity (Wildman–Crippen MR) is 97.9 cm³/mol. The fraction of sp³-hybridized carbons (Fsp3) is 0.556. The summed E-state index contributed by atoms with van der Waals surface area (Å²) in [5.74, 6) is 0.0505. The number of methoxy groups -OCH3 is 1. The summed E-state index contributed by atoms with van der Waals surface area (Å²) in [4.78, 5) is 38.6. The van der Waals surface area contributed by atoms with Gasteiger partial charge in [0.2, 0.25) is 0 Å². The van der Waals surface area contributed by atoms with E-state index in [1.807, 2.05) is 13.8 Å². The number of nitro benzene ring substituents is 1. The Kier molecular flexibility index (Phi) is 6.98. The Labute approximate surface area is 158 Å². The Morgan fingerprint density at radius 1 is 1.19 bits per heavy atom. The highest BCUT2D eigenvalue weighted by Gasteiger charge is 2.25. The zero-order valence-corrected chi connectivity index (χ0v) is 15.8. The molecule has 1 fully saturated rings. The first-order chi connectivity index (χ1) is 12.8. The number of amides is 2. The predicted octanol–water partition coefficient (Wildman–Crippen LogP) is 2.54. The third-order valence-corrected chi connectivity index (χ3v) is 4.20. The second-order valence-electron chi connectivity index (χ2n) is 6.75. The lowest BCUT2D eigenvalue weighted by molar-refractivity contribution is -0.385. The average Bonchev–Trinajstić information content (AvgIpc) is 2.91. The maximum absolute atomic E-state index is 12.7. The second kappa shape index (κ2) is 9.20. The Balaban J connectivity index is 2.05. The van der Waals surface area contributed by atoms with Crippen LogP contribution >= 0.6 is 0 Å². The van der Waals surface area contributed by atoms with Crippen molar-refractivity contribution in [2.45, 2.75) is 20.3 Å². The van der Waals surface area contributed by atoms with Gasteiger partial charge in [0, 0.05) is 37.8 Å². The first-order valence-electron chi connectivity index (χ1n) is 8.87. The first kappa shape index (κ1) is 20.5. The van der Waals surface area contributed by atoms with Gasteiger partial charge in [-0.25, -0.2) is 4.79 Å². The summed E-state index contributed by atoms with van der Waals surface area (Å²) in [6, 6.07) is 4.15. The molecule has 1 aliphatic heterocycles. The van der Waals surface area contributed by atoms with Crippen molar-refractivity contribution in [3.63, 3.8) is 0 Å². The maximum atomic E-state index is 12.7. The molecule has 1 aromatic rings. The number of carbonyl (C=O) groups excluding carboxylic acids is 2. The van der Waals surface area contributed by atoms with Crippen LogP contribution in [-0.4, -0.2) is 66.6 Å². The number of benzene rings is 1. The highest BCUT2D eigenvalue weighted by atomic mass is 16.6. The molecule has 9 nitrogen and oxygen atoms in total. The van der Waals surface area contributed by atoms with Crippen LogP contribution in [0.5, 0.6) is 5.75 Å². The molecule has 9 heteroatoms. The number of carbonyl (C=O) groups is 2. The summed E-state index contributed by atoms with van der Waals surface area (Å²) < 4.78 is 10.2. The van der Waals surface area contributed by atoms with Crippen LogP contribution in [0.1, 0.15) is 30.6 Å². The highest BCUT2D eigenvalue weighted by molar-refractivity contribution is 5.95. The fourth-order valence-electron chi connectivity index (χ4n) is 2.78. The van der Waals surface area contributed by atoms with E-state index in [0.717, 1.165) is 0 Å². The van der Waals surface area contributed by atoms with E-state index in [9.17, 15) is 19.7 Å². The van der Waals surface area contributed by atoms with E-state index in [-0.39, 0.29) is 34.9 Å². The molecule has 0 bridgehead atoms. The molecule has 1 aromatic carbocycles. The van der Waals surface area contributed by atoms with Crippen molar-refractivity contribution in [1.29, 1.82) is 0 Å². The molecule has 2 rings (SSSR count). The molecule has 0 N–H and O–H groups in total. The third-order valence-electron chi connectivity index (χ3n) is 4.20. The number of hydrogen-bond acceptors (Lipinski definition) is 6. The van der Waals surface area contributed by atoms with E-state index in [1.165, 1.54) is 25.3 Å². The van der Waals surface area contributed by atoms with Crippen LogP contribution in [0.25, 0.3) is 0 Å². The van der Waals surface area contributed by atoms with Crippen molar-refractivity contribution in [1.82, 2.24) is 9.80 Å². The summed E-state index contributed by atoms with van der Waals surface area (Å²) in [5, 5.41) is 11.2. The van der Waals surface area contributed by atoms with Crippen LogP contribution in [0.2, 0.25) is 0 Å². The van der Waals surface area contributed by atoms with Crippen molar-refractivity contribution in [2.24, 2.45) is 5.92 Å². The van der Waals surface area contributed by atoms with E-state index in [2.05, 4.69) is 0 Å². The van der Waals surface area contributed by atoms with Gasteiger partial charge in [0.05, 0.1) is 18.6 Å². The molecule has 0 saturated carbocycles. The van der Waals surface area contributed by atoms with Crippen molar-refractivity contribution < 1.29 is 24.0 Å². The zero-order valence-electron chi connectivity index (χ0n) is 15.8. The molecule has 0 radical (unpaired) electrons. The average molecular weight is 379 g/mol. The SMILES string of the molecule is COc1ccc(C(=O)N2CCCN(C(=O)OCC(C)C)CC2)cc1[N+](=O)[O-]. The number of ether oxygens (including phenoxy) is 2. The second-order valence-corrected chi connectivity index (χ2v) is 6.75. The van der Waals surface area contributed by atoms with Gasteiger partial charge in [-0.2, -0.15) is 0 Å². The maximum Gasteiger partial charge on any atom is 0.409 e. The standard InChI is InChI=1S/C18H25N3O6/c1-13(2)12-27-18(23)20-8-4-7-19(9-10-20)17(22)14-5-6-16(26-3)15(11-14)21(24)25/h5-6,11,13H,4,7-10,12H2,1-3H3. The lowest BCUT2D eigenvalue weighted by Gasteiger charge is -2.22. The number of hydrogen-bond donors (Lipinski definition) is 0. The van der Waals surface area contributed by atoms with Gasteiger partial charge in [0.15, 0.2) is 5.75 Å². The van der Waals surface area contributed by atoms with Crippen molar-refractivity contribution in [2.75, 3.05) is 39.9 Å². The van der Waals surface area contributed by atoms with E-state index in [4.69, 9.17) is 9.47 Å². The van der Waals surface area contributed by atoms with Crippen LogP contribution in [0.4, 0.5) is 10.5 Å². The molecule has 148 valence electrons. The molecule has 0 atom stereocenters. The Morgan fingerprint density at radius 3 is 2.48 bits per heavy atom. The van der Waals surface area contributed by atoms with Gasteiger partial charge in [-0.15, -0.1) is 0 Å². The van der Waals surface area contributed by atoms with Crippen molar-refractivity contribution in [3.8, 4) is 5.75 Å². The van der Waals surface area contributed by atoms with Gasteiger partial charge < -0.3 is 19.3 Å². The van der Waals surface area contributed by atoms with E-state index < -0.39 is 4.92 Å². The summed E-state index contributed by atoms with van der Waals surface area (Å²) in [6.45, 7) is 5.95. The van der Waals surface area contributed by atoms with Gasteiger partial charge in [0.1, 0.15) is 0 Å². The molecular formula is C18H25N3O6. The van der Waals surface area contributed by atoms with Crippen LogP contribution in [0.3, 0.4) is 0 Å². The first-order valence-corrected chi connectivity index (χ1v) is 8.87. The lowest BCUT2D eigenvalue weighted by Crippen LogP contribution is -2.38. The largest absolute Gasteiger partial charge is 0.490 e. The van der Waals surface area contributed by atoms with Gasteiger partial charge in [0.25, 0.3) is 5.91 Å². The number of rotatable bonds is 5. The minimum Gasteiger partial charge on any atom is -0.490 e. The van der Waals surface area contributed by atoms with Gasteiger partial charge >= 0.3 is 11.8 Å². The Bertz CT molecular complexity index is 706. The number of nitrogens with zero attached hydrogens (tertiary/aromatic N) is 3. The summed E-state index contributed by atoms with van der Waals surface area (Å²) in [5.41, 5.74) is -0.0320. The van der Waals surface area contributed by atoms with Crippen molar-refractivity contribution >= 4 is 17.7 Å². The fourth-order valence-corrected chi connectivity index (χ4v) is 2.78. The van der Waals surface area contributed by atoms with Gasteiger partial charge in [-0.3, -0.25) is 14.9 Å². The van der Waals surface area contributed by atoms with E-state index in [1.54, 1.807) is 9.80 Å². The van der Waals surface area contributed by atoms with Crippen LogP contribution in [0, 0.1) is 16.0 Å². The molecule has 27 heavy (non-hydrogen) atoms. The number of nitro groups is 1. The summed E-state index contributed by atoms with van der Waals surface area (Å²) in [7, 11) is 1.34. The molecule has 2 amide bonds. The van der Waals surface area contributed by atoms with Gasteiger partial charge in [-0.1, -0.05) is 13.8 Å². The molecule has 1 heterocycles. The smallest absolute Gasteiger partial charge is 0.409 e. The molecule has 0 aliphatic carbocycles. The summed E-state index contributed by atoms with van der Waals surface area (Å²) >= 11 is 0. The normalized spacial score (nSPS) is 14.7. The Morgan fingerprint density at radius 2 is 1.85 bits per heavy atom. The quantitative estimate of drug-likeness (QED) is 0.575. The molecule has 0 aromatic heterocycles. The summed E-state index contributed by atoms with van der Waals surface area (Å²) in [6.07, 6.45) is 0.235. The Hall–Kier alpha value is -2.84. The van der Waals surface area contributed by atoms with Crippen molar-refractivity contribution in [3.05, 3.63) is 33.9 Å². The molecule has 1 saturated heterocycles. The minimum absolute atomic E-state index is 0.103. The van der Waals surface area contributed by atoms with Crippen LogP contribution in [-0.2, 0) is 4.74 Å². The monoisotopic (exact) mass is 379 g/mol. The van der Waals surface area contributed by atoms with Crippen LogP contribution < -0.4 is 4.74 Å². The molecule has 1 aliphatic rings. The zero-order chi connectivity index (χ0) is 20.0. The van der Waals surface area contributed by atoms with E-state index >= 15 is 0 Å². The third kappa shape index (κ3) is 5.32. The molecule has 0 spiro atoms. The highest BCUT2D eigenvalue weighted by Crippen LogP contribution is 2.28. The minimum atomic E-state index is -0.579. The lowest BCUT2D eigenvalue weighted by atomic mass is 10.1. The van der Waals surface area contributed by atoms with Crippen LogP contribution in [0.15, 0.2) is 18.2 Å². The molecule has 0 unspecified atom stereocenters. The van der Waals surface area contributed by atoms with E-state index in [0.29, 0.717) is 39.2 Å². The topological polar surface area (TPSA) is 102 Å².